The summed E-state index contributed by atoms with van der Waals surface area (Å²) < 4.78 is 5.55. The number of aromatic hydroxyl groups is 2. The average molecular weight is 255 g/mol. The van der Waals surface area contributed by atoms with Crippen LogP contribution in [0.15, 0.2) is 51.8 Å². The average Bonchev–Trinajstić information content (AvgIpc) is 2.38. The van der Waals surface area contributed by atoms with Crippen LogP contribution < -0.4 is 5.43 Å². The number of benzene rings is 1. The van der Waals surface area contributed by atoms with Gasteiger partial charge < -0.3 is 14.6 Å². The van der Waals surface area contributed by atoms with Gasteiger partial charge in [-0.15, -0.1) is 0 Å². The summed E-state index contributed by atoms with van der Waals surface area (Å²) in [4.78, 5) is 15.7. The Hall–Kier alpha value is -2.82. The zero-order chi connectivity index (χ0) is 13.4. The van der Waals surface area contributed by atoms with Crippen molar-refractivity contribution in [2.24, 2.45) is 0 Å². The molecule has 5 nitrogen and oxygen atoms in total. The van der Waals surface area contributed by atoms with Crippen LogP contribution in [0.1, 0.15) is 0 Å². The lowest BCUT2D eigenvalue weighted by Gasteiger charge is -2.03. The van der Waals surface area contributed by atoms with E-state index in [9.17, 15) is 15.0 Å². The first kappa shape index (κ1) is 11.3. The van der Waals surface area contributed by atoms with Gasteiger partial charge in [0.05, 0.1) is 6.20 Å². The molecule has 0 fully saturated rings. The van der Waals surface area contributed by atoms with E-state index < -0.39 is 0 Å². The van der Waals surface area contributed by atoms with Crippen molar-refractivity contribution < 1.29 is 14.6 Å². The van der Waals surface area contributed by atoms with Gasteiger partial charge in [0.1, 0.15) is 17.3 Å². The summed E-state index contributed by atoms with van der Waals surface area (Å²) in [5.41, 5.74) is 0.750. The summed E-state index contributed by atoms with van der Waals surface area (Å²) in [5, 5.41) is 18.6. The van der Waals surface area contributed by atoms with Crippen molar-refractivity contribution >= 4 is 11.1 Å². The van der Waals surface area contributed by atoms with Gasteiger partial charge in [-0.3, -0.25) is 4.79 Å². The van der Waals surface area contributed by atoms with Gasteiger partial charge >= 0.3 is 0 Å². The maximum atomic E-state index is 11.9. The topological polar surface area (TPSA) is 83.6 Å². The van der Waals surface area contributed by atoms with Crippen molar-refractivity contribution in [2.75, 3.05) is 0 Å². The van der Waals surface area contributed by atoms with Crippen LogP contribution in [0.4, 0.5) is 0 Å². The fraction of sp³-hybridized carbons (Fsp3) is 0. The smallest absolute Gasteiger partial charge is 0.211 e. The largest absolute Gasteiger partial charge is 0.508 e. The summed E-state index contributed by atoms with van der Waals surface area (Å²) in [6.45, 7) is 0. The maximum absolute atomic E-state index is 11.9. The van der Waals surface area contributed by atoms with Gasteiger partial charge in [-0.1, -0.05) is 0 Å². The van der Waals surface area contributed by atoms with Crippen LogP contribution in [0.3, 0.4) is 0 Å². The molecule has 0 aliphatic carbocycles. The Balaban J connectivity index is 2.25. The molecule has 0 saturated carbocycles. The number of rotatable bonds is 1. The number of aromatic nitrogens is 1. The van der Waals surface area contributed by atoms with Crippen molar-refractivity contribution in [3.05, 3.63) is 52.8 Å². The lowest BCUT2D eigenvalue weighted by atomic mass is 10.1. The van der Waals surface area contributed by atoms with Crippen LogP contribution in [0, 0.1) is 0 Å². The van der Waals surface area contributed by atoms with Crippen molar-refractivity contribution in [3.63, 3.8) is 0 Å². The molecule has 2 aromatic heterocycles. The number of nitrogens with zero attached hydrogens (tertiary/aromatic N) is 1. The third-order valence-electron chi connectivity index (χ3n) is 2.71. The fourth-order valence-electron chi connectivity index (χ4n) is 1.80. The summed E-state index contributed by atoms with van der Waals surface area (Å²) in [6, 6.07) is 8.94. The van der Waals surface area contributed by atoms with Crippen LogP contribution >= 0.6 is 0 Å². The zero-order valence-corrected chi connectivity index (χ0v) is 9.70. The van der Waals surface area contributed by atoms with Gasteiger partial charge in [0.25, 0.3) is 0 Å². The standard InChI is InChI=1S/C14H9NO4/c16-9-3-1-8(2-4-9)12-6-11(18)14-13(19-12)5-10(17)7-15-14/h1-7,16-17H. The van der Waals surface area contributed by atoms with Crippen molar-refractivity contribution in [2.45, 2.75) is 0 Å². The molecule has 0 unspecified atom stereocenters. The van der Waals surface area contributed by atoms with Crippen molar-refractivity contribution in [1.29, 1.82) is 0 Å². The van der Waals surface area contributed by atoms with E-state index in [1.54, 1.807) is 12.1 Å². The fourth-order valence-corrected chi connectivity index (χ4v) is 1.80. The molecule has 0 aliphatic rings. The molecular formula is C14H9NO4. The lowest BCUT2D eigenvalue weighted by Crippen LogP contribution is -2.02. The molecule has 19 heavy (non-hydrogen) atoms. The molecule has 0 spiro atoms. The summed E-state index contributed by atoms with van der Waals surface area (Å²) in [5.74, 6) is 0.412. The van der Waals surface area contributed by atoms with Crippen molar-refractivity contribution in [1.82, 2.24) is 4.98 Å². The number of pyridine rings is 1. The molecule has 2 heterocycles. The number of hydrogen-bond donors (Lipinski definition) is 2. The molecule has 0 radical (unpaired) electrons. The van der Waals surface area contributed by atoms with E-state index >= 15 is 0 Å². The highest BCUT2D eigenvalue weighted by molar-refractivity contribution is 5.75. The quantitative estimate of drug-likeness (QED) is 0.696. The van der Waals surface area contributed by atoms with Crippen molar-refractivity contribution in [3.8, 4) is 22.8 Å². The van der Waals surface area contributed by atoms with Gasteiger partial charge in [-0.05, 0) is 24.3 Å². The van der Waals surface area contributed by atoms with E-state index in [-0.39, 0.29) is 28.0 Å². The first-order valence-electron chi connectivity index (χ1n) is 5.56. The van der Waals surface area contributed by atoms with E-state index in [0.29, 0.717) is 11.3 Å². The zero-order valence-electron chi connectivity index (χ0n) is 9.70. The van der Waals surface area contributed by atoms with Crippen LogP contribution in [0.5, 0.6) is 11.5 Å². The van der Waals surface area contributed by atoms with E-state index in [2.05, 4.69) is 4.98 Å². The third kappa shape index (κ3) is 2.01. The molecule has 0 bridgehead atoms. The molecule has 0 amide bonds. The molecule has 0 atom stereocenters. The molecule has 94 valence electrons. The minimum atomic E-state index is -0.288. The molecule has 3 aromatic rings. The number of fused-ring (bicyclic) bond motifs is 1. The van der Waals surface area contributed by atoms with E-state index in [1.165, 1.54) is 30.5 Å². The van der Waals surface area contributed by atoms with E-state index in [1.807, 2.05) is 0 Å². The Morgan fingerprint density at radius 2 is 1.74 bits per heavy atom. The highest BCUT2D eigenvalue weighted by Crippen LogP contribution is 2.24. The normalized spacial score (nSPS) is 10.7. The second kappa shape index (κ2) is 4.13. The van der Waals surface area contributed by atoms with Gasteiger partial charge in [0.2, 0.25) is 5.43 Å². The molecular weight excluding hydrogens is 246 g/mol. The minimum Gasteiger partial charge on any atom is -0.508 e. The highest BCUT2D eigenvalue weighted by atomic mass is 16.3. The Labute approximate surface area is 107 Å². The van der Waals surface area contributed by atoms with Crippen LogP contribution in [-0.2, 0) is 0 Å². The van der Waals surface area contributed by atoms with Crippen LogP contribution in [0.25, 0.3) is 22.4 Å². The minimum absolute atomic E-state index is 0.0708. The van der Waals surface area contributed by atoms with Gasteiger partial charge in [0.15, 0.2) is 11.1 Å². The summed E-state index contributed by atoms with van der Waals surface area (Å²) >= 11 is 0. The van der Waals surface area contributed by atoms with E-state index in [4.69, 9.17) is 4.42 Å². The second-order valence-corrected chi connectivity index (χ2v) is 4.06. The monoisotopic (exact) mass is 255 g/mol. The number of phenols is 1. The van der Waals surface area contributed by atoms with Gasteiger partial charge in [-0.2, -0.15) is 0 Å². The molecule has 5 heteroatoms. The number of hydrogen-bond acceptors (Lipinski definition) is 5. The molecule has 2 N–H and O–H groups in total. The van der Waals surface area contributed by atoms with Crippen LogP contribution in [0.2, 0.25) is 0 Å². The Morgan fingerprint density at radius 1 is 1.00 bits per heavy atom. The predicted octanol–water partition coefficient (Wildman–Crippen LogP) is 2.27. The molecule has 1 aromatic carbocycles. The van der Waals surface area contributed by atoms with Gasteiger partial charge in [0, 0.05) is 17.7 Å². The first-order chi connectivity index (χ1) is 9.13. The lowest BCUT2D eigenvalue weighted by molar-refractivity contribution is 0.471. The Morgan fingerprint density at radius 3 is 2.47 bits per heavy atom. The van der Waals surface area contributed by atoms with E-state index in [0.717, 1.165) is 0 Å². The summed E-state index contributed by atoms with van der Waals surface area (Å²) in [6.07, 6.45) is 1.19. The number of phenolic OH excluding ortho intramolecular Hbond substituents is 1. The second-order valence-electron chi connectivity index (χ2n) is 4.06. The van der Waals surface area contributed by atoms with Gasteiger partial charge in [-0.25, -0.2) is 4.98 Å². The molecule has 0 aliphatic heterocycles. The Bertz CT molecular complexity index is 806. The predicted molar refractivity (Wildman–Crippen MR) is 69.0 cm³/mol. The summed E-state index contributed by atoms with van der Waals surface area (Å²) in [7, 11) is 0. The maximum Gasteiger partial charge on any atom is 0.211 e. The molecule has 3 rings (SSSR count). The highest BCUT2D eigenvalue weighted by Gasteiger charge is 2.08. The Kier molecular flexibility index (Phi) is 2.45. The molecule has 0 saturated heterocycles. The SMILES string of the molecule is O=c1cc(-c2ccc(O)cc2)oc2cc(O)cnc12. The third-order valence-corrected chi connectivity index (χ3v) is 2.71. The first-order valence-corrected chi connectivity index (χ1v) is 5.56. The van der Waals surface area contributed by atoms with Crippen LogP contribution in [-0.4, -0.2) is 15.2 Å².